The number of carbonyl (C=O) groups is 2. The highest BCUT2D eigenvalue weighted by Crippen LogP contribution is 2.33. The van der Waals surface area contributed by atoms with Gasteiger partial charge in [-0.05, 0) is 29.3 Å². The number of carboxylic acid groups (broad SMARTS) is 1. The van der Waals surface area contributed by atoms with Crippen molar-refractivity contribution in [1.82, 2.24) is 4.90 Å². The summed E-state index contributed by atoms with van der Waals surface area (Å²) >= 11 is 6.18. The van der Waals surface area contributed by atoms with Gasteiger partial charge in [-0.25, -0.2) is 0 Å². The second-order valence-electron chi connectivity index (χ2n) is 4.63. The molecule has 1 fully saturated rings. The second-order valence-corrected chi connectivity index (χ2v) is 6.30. The fraction of sp³-hybridized carbons (Fsp3) is 0.214. The van der Waals surface area contributed by atoms with E-state index in [1.165, 1.54) is 0 Å². The number of carbonyl (C=O) groups excluding carboxylic acids is 1. The van der Waals surface area contributed by atoms with Crippen molar-refractivity contribution in [3.8, 4) is 5.75 Å². The second kappa shape index (κ2) is 5.50. The number of aliphatic carboxylic acids is 1. The molecule has 0 aromatic heterocycles. The highest BCUT2D eigenvalue weighted by molar-refractivity contribution is 8.26. The Bertz CT molecular complexity index is 684. The Morgan fingerprint density at radius 3 is 3.10 bits per heavy atom. The Kier molecular flexibility index (Phi) is 3.69. The molecule has 2 heterocycles. The molecule has 0 unspecified atom stereocenters. The molecule has 2 aliphatic heterocycles. The molecule has 1 amide bonds. The molecular weight excluding hydrogens is 310 g/mol. The first-order valence-electron chi connectivity index (χ1n) is 6.27. The highest BCUT2D eigenvalue weighted by atomic mass is 32.2. The zero-order valence-electron chi connectivity index (χ0n) is 10.9. The predicted octanol–water partition coefficient (Wildman–Crippen LogP) is 1.91. The number of hydrogen-bond acceptors (Lipinski definition) is 5. The Hall–Kier alpha value is -1.86. The van der Waals surface area contributed by atoms with Gasteiger partial charge in [-0.1, -0.05) is 30.0 Å². The lowest BCUT2D eigenvalue weighted by Crippen LogP contribution is -2.33. The predicted molar refractivity (Wildman–Crippen MR) is 83.2 cm³/mol. The van der Waals surface area contributed by atoms with Gasteiger partial charge in [0.2, 0.25) is 0 Å². The molecule has 2 aliphatic rings. The molecule has 0 saturated carbocycles. The Balaban J connectivity index is 1.85. The number of ether oxygens (including phenoxy) is 1. The third-order valence-electron chi connectivity index (χ3n) is 3.18. The minimum absolute atomic E-state index is 0.276. The minimum Gasteiger partial charge on any atom is -0.493 e. The van der Waals surface area contributed by atoms with Crippen LogP contribution in [0, 0.1) is 0 Å². The molecule has 0 spiro atoms. The number of amides is 1. The molecule has 5 nitrogen and oxygen atoms in total. The van der Waals surface area contributed by atoms with Gasteiger partial charge in [-0.3, -0.25) is 14.5 Å². The number of rotatable bonds is 3. The van der Waals surface area contributed by atoms with Crippen molar-refractivity contribution in [1.29, 1.82) is 0 Å². The highest BCUT2D eigenvalue weighted by Gasteiger charge is 2.33. The van der Waals surface area contributed by atoms with Gasteiger partial charge < -0.3 is 9.84 Å². The van der Waals surface area contributed by atoms with Crippen LogP contribution in [0.15, 0.2) is 23.1 Å². The van der Waals surface area contributed by atoms with E-state index in [0.29, 0.717) is 11.5 Å². The molecule has 1 aromatic rings. The van der Waals surface area contributed by atoms with E-state index in [4.69, 9.17) is 22.1 Å². The first-order chi connectivity index (χ1) is 10.0. The van der Waals surface area contributed by atoms with Gasteiger partial charge in [0.15, 0.2) is 0 Å². The normalized spacial score (nSPS) is 19.0. The number of carboxylic acids is 1. The van der Waals surface area contributed by atoms with E-state index in [1.807, 2.05) is 18.2 Å². The van der Waals surface area contributed by atoms with E-state index in [1.54, 1.807) is 6.08 Å². The average molecular weight is 321 g/mol. The van der Waals surface area contributed by atoms with Crippen LogP contribution >= 0.6 is 24.0 Å². The zero-order valence-corrected chi connectivity index (χ0v) is 12.5. The van der Waals surface area contributed by atoms with Gasteiger partial charge in [0.25, 0.3) is 5.91 Å². The fourth-order valence-electron chi connectivity index (χ4n) is 2.22. The molecule has 0 atom stereocenters. The van der Waals surface area contributed by atoms with E-state index < -0.39 is 12.5 Å². The van der Waals surface area contributed by atoms with Gasteiger partial charge in [0, 0.05) is 6.42 Å². The van der Waals surface area contributed by atoms with Crippen LogP contribution in [0.4, 0.5) is 0 Å². The monoisotopic (exact) mass is 321 g/mol. The summed E-state index contributed by atoms with van der Waals surface area (Å²) in [4.78, 5) is 24.4. The molecule has 0 radical (unpaired) electrons. The summed E-state index contributed by atoms with van der Waals surface area (Å²) in [5, 5.41) is 8.80. The first kappa shape index (κ1) is 14.1. The topological polar surface area (TPSA) is 66.8 Å². The first-order valence-corrected chi connectivity index (χ1v) is 7.50. The maximum atomic E-state index is 12.2. The standard InChI is InChI=1S/C14H11NO4S2/c16-12(17)7-15-13(18)11(21-14(15)20)6-8-1-2-10-9(5-8)3-4-19-10/h1-2,5-6H,3-4,7H2,(H,16,17). The van der Waals surface area contributed by atoms with Crippen molar-refractivity contribution in [2.24, 2.45) is 0 Å². The fourth-order valence-corrected chi connectivity index (χ4v) is 3.47. The van der Waals surface area contributed by atoms with Crippen LogP contribution < -0.4 is 4.74 Å². The Morgan fingerprint density at radius 2 is 2.33 bits per heavy atom. The quantitative estimate of drug-likeness (QED) is 0.677. The molecule has 1 N–H and O–H groups in total. The Labute approximate surface area is 130 Å². The molecule has 3 rings (SSSR count). The van der Waals surface area contributed by atoms with E-state index in [2.05, 4.69) is 0 Å². The van der Waals surface area contributed by atoms with Gasteiger partial charge in [0.1, 0.15) is 16.6 Å². The van der Waals surface area contributed by atoms with E-state index in [-0.39, 0.29) is 10.2 Å². The van der Waals surface area contributed by atoms with Crippen LogP contribution in [0.5, 0.6) is 5.75 Å². The molecule has 21 heavy (non-hydrogen) atoms. The lowest BCUT2D eigenvalue weighted by Gasteiger charge is -2.10. The molecule has 1 saturated heterocycles. The number of hydrogen-bond donors (Lipinski definition) is 1. The third kappa shape index (κ3) is 2.79. The molecule has 1 aromatic carbocycles. The number of benzene rings is 1. The van der Waals surface area contributed by atoms with Crippen LogP contribution in [-0.2, 0) is 16.0 Å². The number of nitrogens with zero attached hydrogens (tertiary/aromatic N) is 1. The zero-order chi connectivity index (χ0) is 15.0. The molecule has 0 aliphatic carbocycles. The molecule has 0 bridgehead atoms. The van der Waals surface area contributed by atoms with Gasteiger partial charge >= 0.3 is 5.97 Å². The van der Waals surface area contributed by atoms with Crippen LogP contribution in [0.25, 0.3) is 6.08 Å². The summed E-state index contributed by atoms with van der Waals surface area (Å²) in [5.74, 6) is -0.558. The summed E-state index contributed by atoms with van der Waals surface area (Å²) in [5.41, 5.74) is 2.00. The van der Waals surface area contributed by atoms with Crippen LogP contribution in [0.2, 0.25) is 0 Å². The van der Waals surface area contributed by atoms with Crippen LogP contribution in [0.3, 0.4) is 0 Å². The molecule has 7 heteroatoms. The number of fused-ring (bicyclic) bond motifs is 1. The van der Waals surface area contributed by atoms with Crippen LogP contribution in [-0.4, -0.2) is 39.4 Å². The SMILES string of the molecule is O=C(O)CN1C(=O)C(=Cc2ccc3c(c2)CCO3)SC1=S. The van der Waals surface area contributed by atoms with Crippen LogP contribution in [0.1, 0.15) is 11.1 Å². The van der Waals surface area contributed by atoms with Gasteiger partial charge in [0.05, 0.1) is 11.5 Å². The van der Waals surface area contributed by atoms with Gasteiger partial charge in [-0.2, -0.15) is 0 Å². The van der Waals surface area contributed by atoms with Crippen molar-refractivity contribution in [3.63, 3.8) is 0 Å². The molecule has 108 valence electrons. The Morgan fingerprint density at radius 1 is 1.52 bits per heavy atom. The van der Waals surface area contributed by atoms with Crippen molar-refractivity contribution >= 4 is 46.3 Å². The lowest BCUT2D eigenvalue weighted by atomic mass is 10.1. The van der Waals surface area contributed by atoms with E-state index in [0.717, 1.165) is 40.0 Å². The molecular formula is C14H11NO4S2. The van der Waals surface area contributed by atoms with Crippen molar-refractivity contribution in [3.05, 3.63) is 34.2 Å². The summed E-state index contributed by atoms with van der Waals surface area (Å²) in [6.45, 7) is 0.277. The summed E-state index contributed by atoms with van der Waals surface area (Å²) in [6, 6.07) is 5.73. The maximum Gasteiger partial charge on any atom is 0.323 e. The van der Waals surface area contributed by atoms with Gasteiger partial charge in [-0.15, -0.1) is 0 Å². The number of thioether (sulfide) groups is 1. The van der Waals surface area contributed by atoms with E-state index in [9.17, 15) is 9.59 Å². The van der Waals surface area contributed by atoms with E-state index >= 15 is 0 Å². The number of thiocarbonyl (C=S) groups is 1. The summed E-state index contributed by atoms with van der Waals surface area (Å²) in [7, 11) is 0. The van der Waals surface area contributed by atoms with Crippen molar-refractivity contribution < 1.29 is 19.4 Å². The summed E-state index contributed by atoms with van der Waals surface area (Å²) in [6.07, 6.45) is 2.59. The smallest absolute Gasteiger partial charge is 0.323 e. The van der Waals surface area contributed by atoms with Crippen molar-refractivity contribution in [2.45, 2.75) is 6.42 Å². The third-order valence-corrected chi connectivity index (χ3v) is 4.56. The van der Waals surface area contributed by atoms with Crippen molar-refractivity contribution in [2.75, 3.05) is 13.2 Å². The summed E-state index contributed by atoms with van der Waals surface area (Å²) < 4.78 is 5.71. The lowest BCUT2D eigenvalue weighted by molar-refractivity contribution is -0.140. The largest absolute Gasteiger partial charge is 0.493 e. The minimum atomic E-state index is -1.08. The maximum absolute atomic E-state index is 12.2. The average Bonchev–Trinajstić information content (AvgIpc) is 2.98.